The van der Waals surface area contributed by atoms with Gasteiger partial charge in [0.25, 0.3) is 5.91 Å². The van der Waals surface area contributed by atoms with E-state index in [1.165, 1.54) is 4.31 Å². The van der Waals surface area contributed by atoms with Crippen LogP contribution in [0.25, 0.3) is 0 Å². The van der Waals surface area contributed by atoms with E-state index in [0.29, 0.717) is 44.2 Å². The predicted molar refractivity (Wildman–Crippen MR) is 110 cm³/mol. The summed E-state index contributed by atoms with van der Waals surface area (Å²) in [6.45, 7) is 8.05. The van der Waals surface area contributed by atoms with Gasteiger partial charge in [-0.1, -0.05) is 12.1 Å². The van der Waals surface area contributed by atoms with Gasteiger partial charge in [0.05, 0.1) is 11.9 Å². The number of nitrogens with zero attached hydrogens (tertiary/aromatic N) is 2. The summed E-state index contributed by atoms with van der Waals surface area (Å²) in [5.74, 6) is 1.76. The van der Waals surface area contributed by atoms with Gasteiger partial charge in [-0.25, -0.2) is 8.42 Å². The van der Waals surface area contributed by atoms with Crippen molar-refractivity contribution in [1.82, 2.24) is 9.21 Å². The lowest BCUT2D eigenvalue weighted by Gasteiger charge is -2.34. The lowest BCUT2D eigenvalue weighted by Crippen LogP contribution is -3.08. The fourth-order valence-corrected chi connectivity index (χ4v) is 5.34. The lowest BCUT2D eigenvalue weighted by atomic mass is 10.2. The standard InChI is InChI=1S/C21H29N3O4S/c1-16-5-6-17(2)20(13-16)29(26,27)24-11-9-23(10-12-24)21(25)15-22(4)14-19-8-7-18(3)28-19/h5-8,13H,9-12,14-15H2,1-4H3/p+1. The highest BCUT2D eigenvalue weighted by Crippen LogP contribution is 2.22. The molecule has 1 saturated heterocycles. The smallest absolute Gasteiger partial charge is 0.277 e. The highest BCUT2D eigenvalue weighted by atomic mass is 32.2. The number of quaternary nitrogens is 1. The number of carbonyl (C=O) groups is 1. The summed E-state index contributed by atoms with van der Waals surface area (Å²) in [7, 11) is -1.59. The molecule has 1 amide bonds. The van der Waals surface area contributed by atoms with E-state index in [1.807, 2.05) is 52.1 Å². The quantitative estimate of drug-likeness (QED) is 0.749. The third kappa shape index (κ3) is 5.07. The van der Waals surface area contributed by atoms with E-state index >= 15 is 0 Å². The van der Waals surface area contributed by atoms with Crippen molar-refractivity contribution in [2.24, 2.45) is 0 Å². The average molecular weight is 421 g/mol. The molecule has 8 heteroatoms. The molecule has 1 aliphatic heterocycles. The first-order valence-electron chi connectivity index (χ1n) is 9.88. The topological polar surface area (TPSA) is 75.3 Å². The van der Waals surface area contributed by atoms with E-state index in [2.05, 4.69) is 0 Å². The average Bonchev–Trinajstić information content (AvgIpc) is 3.08. The molecule has 0 spiro atoms. The Balaban J connectivity index is 1.56. The number of nitrogens with one attached hydrogen (secondary N) is 1. The molecule has 0 radical (unpaired) electrons. The Morgan fingerprint density at radius 3 is 2.38 bits per heavy atom. The third-order valence-corrected chi connectivity index (χ3v) is 7.32. The lowest BCUT2D eigenvalue weighted by molar-refractivity contribution is -0.886. The number of hydrogen-bond donors (Lipinski definition) is 1. The molecular weight excluding hydrogens is 390 g/mol. The summed E-state index contributed by atoms with van der Waals surface area (Å²) < 4.78 is 33.1. The van der Waals surface area contributed by atoms with Crippen LogP contribution >= 0.6 is 0 Å². The maximum absolute atomic E-state index is 13.0. The van der Waals surface area contributed by atoms with Crippen molar-refractivity contribution < 1.29 is 22.5 Å². The maximum Gasteiger partial charge on any atom is 0.277 e. The van der Waals surface area contributed by atoms with Gasteiger partial charge in [0.15, 0.2) is 12.3 Å². The van der Waals surface area contributed by atoms with Crippen LogP contribution in [0.3, 0.4) is 0 Å². The number of sulfonamides is 1. The molecule has 7 nitrogen and oxygen atoms in total. The van der Waals surface area contributed by atoms with Gasteiger partial charge in [-0.2, -0.15) is 4.31 Å². The molecular formula is C21H30N3O4S+. The predicted octanol–water partition coefficient (Wildman–Crippen LogP) is 0.753. The second kappa shape index (κ2) is 8.69. The molecule has 158 valence electrons. The highest BCUT2D eigenvalue weighted by molar-refractivity contribution is 7.89. The Bertz CT molecular complexity index is 976. The van der Waals surface area contributed by atoms with Crippen molar-refractivity contribution in [1.29, 1.82) is 0 Å². The molecule has 1 N–H and O–H groups in total. The number of aryl methyl sites for hydroxylation is 3. The van der Waals surface area contributed by atoms with Gasteiger partial charge in [-0.3, -0.25) is 4.79 Å². The largest absolute Gasteiger partial charge is 0.460 e. The van der Waals surface area contributed by atoms with E-state index in [4.69, 9.17) is 4.42 Å². The minimum Gasteiger partial charge on any atom is -0.460 e. The fraction of sp³-hybridized carbons (Fsp3) is 0.476. The fourth-order valence-electron chi connectivity index (χ4n) is 3.61. The first-order chi connectivity index (χ1) is 13.7. The number of hydrogen-bond acceptors (Lipinski definition) is 4. The summed E-state index contributed by atoms with van der Waals surface area (Å²) in [5.41, 5.74) is 1.66. The second-order valence-corrected chi connectivity index (χ2v) is 9.78. The van der Waals surface area contributed by atoms with Crippen LogP contribution in [-0.4, -0.2) is 63.3 Å². The molecule has 1 aromatic heterocycles. The minimum atomic E-state index is -3.55. The van der Waals surface area contributed by atoms with Crippen LogP contribution < -0.4 is 4.90 Å². The molecule has 1 fully saturated rings. The van der Waals surface area contributed by atoms with E-state index in [0.717, 1.165) is 27.5 Å². The highest BCUT2D eigenvalue weighted by Gasteiger charge is 2.31. The third-order valence-electron chi connectivity index (χ3n) is 5.28. The molecule has 29 heavy (non-hydrogen) atoms. The first-order valence-corrected chi connectivity index (χ1v) is 11.3. The van der Waals surface area contributed by atoms with Gasteiger partial charge >= 0.3 is 0 Å². The zero-order valence-electron chi connectivity index (χ0n) is 17.6. The number of carbonyl (C=O) groups excluding carboxylic acids is 1. The Kier molecular flexibility index (Phi) is 6.45. The van der Waals surface area contributed by atoms with Crippen molar-refractivity contribution in [3.63, 3.8) is 0 Å². The Morgan fingerprint density at radius 2 is 1.76 bits per heavy atom. The van der Waals surface area contributed by atoms with E-state index in [1.54, 1.807) is 11.0 Å². The van der Waals surface area contributed by atoms with Crippen molar-refractivity contribution >= 4 is 15.9 Å². The number of amides is 1. The zero-order chi connectivity index (χ0) is 21.2. The summed E-state index contributed by atoms with van der Waals surface area (Å²) in [5, 5.41) is 0. The van der Waals surface area contributed by atoms with Crippen molar-refractivity contribution in [2.45, 2.75) is 32.2 Å². The van der Waals surface area contributed by atoms with Crippen LogP contribution in [0.1, 0.15) is 22.6 Å². The van der Waals surface area contributed by atoms with E-state index in [-0.39, 0.29) is 5.91 Å². The first kappa shape index (κ1) is 21.5. The Hall–Kier alpha value is -2.16. The maximum atomic E-state index is 13.0. The summed E-state index contributed by atoms with van der Waals surface area (Å²) in [4.78, 5) is 15.8. The van der Waals surface area contributed by atoms with Crippen LogP contribution in [0, 0.1) is 20.8 Å². The molecule has 2 aromatic rings. The van der Waals surface area contributed by atoms with Gasteiger partial charge in [0, 0.05) is 26.2 Å². The van der Waals surface area contributed by atoms with Crippen molar-refractivity contribution in [2.75, 3.05) is 39.8 Å². The van der Waals surface area contributed by atoms with Crippen LogP contribution in [-0.2, 0) is 21.4 Å². The van der Waals surface area contributed by atoms with Crippen molar-refractivity contribution in [3.05, 3.63) is 53.0 Å². The van der Waals surface area contributed by atoms with Gasteiger partial charge in [-0.15, -0.1) is 0 Å². The Morgan fingerprint density at radius 1 is 1.07 bits per heavy atom. The molecule has 0 saturated carbocycles. The molecule has 1 aromatic carbocycles. The van der Waals surface area contributed by atoms with Gasteiger partial charge in [-0.05, 0) is 50.1 Å². The number of likely N-dealkylation sites (N-methyl/N-ethyl adjacent to an activating group) is 1. The summed E-state index contributed by atoms with van der Waals surface area (Å²) in [6.07, 6.45) is 0. The summed E-state index contributed by atoms with van der Waals surface area (Å²) >= 11 is 0. The number of benzene rings is 1. The Labute approximate surface area is 172 Å². The van der Waals surface area contributed by atoms with Crippen LogP contribution in [0.2, 0.25) is 0 Å². The normalized spacial score (nSPS) is 16.8. The number of furan rings is 1. The van der Waals surface area contributed by atoms with Crippen molar-refractivity contribution in [3.8, 4) is 0 Å². The molecule has 1 unspecified atom stereocenters. The van der Waals surface area contributed by atoms with E-state index in [9.17, 15) is 13.2 Å². The van der Waals surface area contributed by atoms with Crippen LogP contribution in [0.15, 0.2) is 39.6 Å². The molecule has 1 aliphatic rings. The molecule has 2 heterocycles. The van der Waals surface area contributed by atoms with Gasteiger partial charge in [0.2, 0.25) is 10.0 Å². The molecule has 0 aliphatic carbocycles. The van der Waals surface area contributed by atoms with Crippen LogP contribution in [0.4, 0.5) is 0 Å². The van der Waals surface area contributed by atoms with Gasteiger partial charge < -0.3 is 14.2 Å². The molecule has 0 bridgehead atoms. The molecule has 1 atom stereocenters. The number of piperazine rings is 1. The summed E-state index contributed by atoms with van der Waals surface area (Å²) in [6, 6.07) is 9.31. The van der Waals surface area contributed by atoms with E-state index < -0.39 is 10.0 Å². The minimum absolute atomic E-state index is 0.0366. The number of rotatable bonds is 6. The monoisotopic (exact) mass is 420 g/mol. The second-order valence-electron chi connectivity index (χ2n) is 7.88. The zero-order valence-corrected chi connectivity index (χ0v) is 18.4. The van der Waals surface area contributed by atoms with Gasteiger partial charge in [0.1, 0.15) is 12.3 Å². The molecule has 3 rings (SSSR count). The van der Waals surface area contributed by atoms with Crippen LogP contribution in [0.5, 0.6) is 0 Å². The SMILES string of the molecule is Cc1ccc(C)c(S(=O)(=O)N2CCN(C(=O)C[NH+](C)Cc3ccc(C)o3)CC2)c1.